The number of alkyl halides is 3. The fourth-order valence-corrected chi connectivity index (χ4v) is 2.74. The zero-order valence-corrected chi connectivity index (χ0v) is 15.0. The van der Waals surface area contributed by atoms with Crippen LogP contribution in [0.1, 0.15) is 27.0 Å². The molecule has 0 radical (unpaired) electrons. The van der Waals surface area contributed by atoms with E-state index < -0.39 is 17.6 Å². The van der Waals surface area contributed by atoms with Crippen molar-refractivity contribution in [3.63, 3.8) is 0 Å². The van der Waals surface area contributed by atoms with Crippen LogP contribution in [0, 0.1) is 6.92 Å². The second kappa shape index (κ2) is 7.72. The molecular weight excluding hydrogens is 369 g/mol. The van der Waals surface area contributed by atoms with E-state index in [-0.39, 0.29) is 23.4 Å². The first-order chi connectivity index (χ1) is 13.2. The van der Waals surface area contributed by atoms with Gasteiger partial charge in [0.1, 0.15) is 0 Å². The van der Waals surface area contributed by atoms with Crippen LogP contribution in [0.15, 0.2) is 71.7 Å². The van der Waals surface area contributed by atoms with Gasteiger partial charge in [0.2, 0.25) is 0 Å². The highest BCUT2D eigenvalue weighted by molar-refractivity contribution is 6.04. The molecule has 3 rings (SSSR count). The molecule has 0 saturated carbocycles. The zero-order valence-electron chi connectivity index (χ0n) is 15.0. The lowest BCUT2D eigenvalue weighted by Gasteiger charge is -2.12. The molecular formula is C21H17F3N2O2. The largest absolute Gasteiger partial charge is 0.416 e. The maximum atomic E-state index is 12.8. The van der Waals surface area contributed by atoms with Crippen molar-refractivity contribution in [1.82, 2.24) is 4.57 Å². The molecule has 0 saturated heterocycles. The monoisotopic (exact) mass is 386 g/mol. The molecule has 0 bridgehead atoms. The van der Waals surface area contributed by atoms with Gasteiger partial charge in [0.15, 0.2) is 0 Å². The van der Waals surface area contributed by atoms with Crippen LogP contribution in [0.5, 0.6) is 0 Å². The first kappa shape index (κ1) is 19.4. The second-order valence-electron chi connectivity index (χ2n) is 6.34. The number of aryl methyl sites for hydroxylation is 1. The Morgan fingerprint density at radius 2 is 1.79 bits per heavy atom. The second-order valence-corrected chi connectivity index (χ2v) is 6.34. The van der Waals surface area contributed by atoms with Gasteiger partial charge in [-0.15, -0.1) is 0 Å². The van der Waals surface area contributed by atoms with Crippen molar-refractivity contribution < 1.29 is 18.0 Å². The maximum absolute atomic E-state index is 12.8. The molecule has 0 fully saturated rings. The highest BCUT2D eigenvalue weighted by Crippen LogP contribution is 2.30. The number of aromatic nitrogens is 1. The van der Waals surface area contributed by atoms with Gasteiger partial charge < -0.3 is 9.88 Å². The summed E-state index contributed by atoms with van der Waals surface area (Å²) in [5.41, 5.74) is 1.00. The minimum absolute atomic E-state index is 0.0245. The summed E-state index contributed by atoms with van der Waals surface area (Å²) in [5.74, 6) is -0.599. The molecule has 28 heavy (non-hydrogen) atoms. The SMILES string of the molecule is Cc1ccccc1Cn1cc(C(=O)Nc2cccc(C(F)(F)F)c2)ccc1=O. The van der Waals surface area contributed by atoms with Crippen LogP contribution in [0.4, 0.5) is 18.9 Å². The van der Waals surface area contributed by atoms with Crippen molar-refractivity contribution in [2.24, 2.45) is 0 Å². The van der Waals surface area contributed by atoms with Gasteiger partial charge in [-0.05, 0) is 42.3 Å². The minimum Gasteiger partial charge on any atom is -0.322 e. The third-order valence-corrected chi connectivity index (χ3v) is 4.30. The molecule has 0 aliphatic rings. The van der Waals surface area contributed by atoms with E-state index in [2.05, 4.69) is 5.32 Å². The molecule has 0 unspecified atom stereocenters. The molecule has 2 aromatic carbocycles. The van der Waals surface area contributed by atoms with Crippen LogP contribution >= 0.6 is 0 Å². The van der Waals surface area contributed by atoms with Gasteiger partial charge in [0, 0.05) is 18.0 Å². The van der Waals surface area contributed by atoms with Crippen LogP contribution in [-0.2, 0) is 12.7 Å². The fourth-order valence-electron chi connectivity index (χ4n) is 2.74. The van der Waals surface area contributed by atoms with E-state index in [1.54, 1.807) is 0 Å². The van der Waals surface area contributed by atoms with Crippen molar-refractivity contribution in [2.45, 2.75) is 19.6 Å². The van der Waals surface area contributed by atoms with Gasteiger partial charge in [-0.3, -0.25) is 9.59 Å². The van der Waals surface area contributed by atoms with Crippen LogP contribution in [0.3, 0.4) is 0 Å². The number of rotatable bonds is 4. The highest BCUT2D eigenvalue weighted by atomic mass is 19.4. The van der Waals surface area contributed by atoms with Gasteiger partial charge >= 0.3 is 6.18 Å². The third-order valence-electron chi connectivity index (χ3n) is 4.30. The van der Waals surface area contributed by atoms with Crippen molar-refractivity contribution in [3.8, 4) is 0 Å². The standard InChI is InChI=1S/C21H17F3N2O2/c1-14-5-2-3-6-15(14)12-26-13-16(9-10-19(26)27)20(28)25-18-8-4-7-17(11-18)21(22,23)24/h2-11,13H,12H2,1H3,(H,25,28). The summed E-state index contributed by atoms with van der Waals surface area (Å²) >= 11 is 0. The molecule has 1 N–H and O–H groups in total. The van der Waals surface area contributed by atoms with E-state index in [0.29, 0.717) is 0 Å². The van der Waals surface area contributed by atoms with Crippen molar-refractivity contribution in [1.29, 1.82) is 0 Å². The zero-order chi connectivity index (χ0) is 20.3. The smallest absolute Gasteiger partial charge is 0.322 e. The molecule has 144 valence electrons. The lowest BCUT2D eigenvalue weighted by atomic mass is 10.1. The van der Waals surface area contributed by atoms with Gasteiger partial charge in [-0.2, -0.15) is 13.2 Å². The van der Waals surface area contributed by atoms with E-state index >= 15 is 0 Å². The Kier molecular flexibility index (Phi) is 5.35. The van der Waals surface area contributed by atoms with E-state index in [0.717, 1.165) is 23.3 Å². The fraction of sp³-hybridized carbons (Fsp3) is 0.143. The van der Waals surface area contributed by atoms with Gasteiger partial charge in [-0.25, -0.2) is 0 Å². The van der Waals surface area contributed by atoms with Crippen LogP contribution in [0.25, 0.3) is 0 Å². The number of hydrogen-bond donors (Lipinski definition) is 1. The predicted molar refractivity (Wildman–Crippen MR) is 100 cm³/mol. The average Bonchev–Trinajstić information content (AvgIpc) is 2.65. The Morgan fingerprint density at radius 1 is 1.04 bits per heavy atom. The molecule has 1 amide bonds. The Morgan fingerprint density at radius 3 is 2.50 bits per heavy atom. The molecule has 1 aromatic heterocycles. The highest BCUT2D eigenvalue weighted by Gasteiger charge is 2.30. The Hall–Kier alpha value is -3.35. The van der Waals surface area contributed by atoms with Crippen LogP contribution in [0.2, 0.25) is 0 Å². The normalized spacial score (nSPS) is 11.3. The lowest BCUT2D eigenvalue weighted by Crippen LogP contribution is -2.23. The number of benzene rings is 2. The first-order valence-electron chi connectivity index (χ1n) is 8.47. The van der Waals surface area contributed by atoms with E-state index in [4.69, 9.17) is 0 Å². The van der Waals surface area contributed by atoms with Gasteiger partial charge in [-0.1, -0.05) is 30.3 Å². The van der Waals surface area contributed by atoms with E-state index in [1.807, 2.05) is 31.2 Å². The number of anilines is 1. The number of halogens is 3. The minimum atomic E-state index is -4.50. The maximum Gasteiger partial charge on any atom is 0.416 e. The molecule has 3 aromatic rings. The quantitative estimate of drug-likeness (QED) is 0.719. The lowest BCUT2D eigenvalue weighted by molar-refractivity contribution is -0.137. The summed E-state index contributed by atoms with van der Waals surface area (Å²) in [7, 11) is 0. The number of pyridine rings is 1. The average molecular weight is 386 g/mol. The summed E-state index contributed by atoms with van der Waals surface area (Å²) < 4.78 is 39.8. The summed E-state index contributed by atoms with van der Waals surface area (Å²) in [6.07, 6.45) is -3.10. The predicted octanol–water partition coefficient (Wildman–Crippen LogP) is 4.48. The topological polar surface area (TPSA) is 51.1 Å². The molecule has 1 heterocycles. The number of nitrogens with zero attached hydrogens (tertiary/aromatic N) is 1. The van der Waals surface area contributed by atoms with Crippen LogP contribution < -0.4 is 10.9 Å². The molecule has 0 aliphatic carbocycles. The van der Waals surface area contributed by atoms with Crippen molar-refractivity contribution >= 4 is 11.6 Å². The number of amides is 1. The Balaban J connectivity index is 1.83. The van der Waals surface area contributed by atoms with Crippen molar-refractivity contribution in [2.75, 3.05) is 5.32 Å². The third kappa shape index (κ3) is 4.49. The number of carbonyl (C=O) groups excluding carboxylic acids is 1. The van der Waals surface area contributed by atoms with E-state index in [1.165, 1.54) is 35.0 Å². The number of hydrogen-bond acceptors (Lipinski definition) is 2. The van der Waals surface area contributed by atoms with Crippen LogP contribution in [-0.4, -0.2) is 10.5 Å². The van der Waals surface area contributed by atoms with Gasteiger partial charge in [0.05, 0.1) is 17.7 Å². The summed E-state index contributed by atoms with van der Waals surface area (Å²) in [6.45, 7) is 2.21. The summed E-state index contributed by atoms with van der Waals surface area (Å²) in [4.78, 5) is 24.6. The number of carbonyl (C=O) groups is 1. The summed E-state index contributed by atoms with van der Waals surface area (Å²) in [5, 5.41) is 2.44. The summed E-state index contributed by atoms with van der Waals surface area (Å²) in [6, 6.07) is 14.5. The van der Waals surface area contributed by atoms with Gasteiger partial charge in [0.25, 0.3) is 11.5 Å². The number of nitrogens with one attached hydrogen (secondary N) is 1. The first-order valence-corrected chi connectivity index (χ1v) is 8.47. The molecule has 0 atom stereocenters. The Labute approximate surface area is 159 Å². The molecule has 4 nitrogen and oxygen atoms in total. The Bertz CT molecular complexity index is 1070. The molecule has 7 heteroatoms. The van der Waals surface area contributed by atoms with Crippen molar-refractivity contribution in [3.05, 3.63) is 99.5 Å². The molecule has 0 aliphatic heterocycles. The van der Waals surface area contributed by atoms with E-state index in [9.17, 15) is 22.8 Å². The molecule has 0 spiro atoms.